The molecule has 8 nitrogen and oxygen atoms in total. The van der Waals surface area contributed by atoms with Gasteiger partial charge in [-0.3, -0.25) is 14.5 Å². The number of hydrogen-bond acceptors (Lipinski definition) is 4. The maximum absolute atomic E-state index is 12.2. The van der Waals surface area contributed by atoms with Gasteiger partial charge >= 0.3 is 0 Å². The molecule has 3 aromatic rings. The molecule has 0 bridgehead atoms. The van der Waals surface area contributed by atoms with Crippen LogP contribution < -0.4 is 20.7 Å². The number of anilines is 1. The van der Waals surface area contributed by atoms with Crippen LogP contribution >= 0.6 is 0 Å². The van der Waals surface area contributed by atoms with Crippen LogP contribution in [0, 0.1) is 0 Å². The SMILES string of the molecule is CN=C(NCCc1ccccc1OC)NCc1cccc(NC(=O)Cn2cccn2)c1. The minimum atomic E-state index is -0.123. The highest BCUT2D eigenvalue weighted by molar-refractivity contribution is 5.90. The summed E-state index contributed by atoms with van der Waals surface area (Å²) in [5.41, 5.74) is 2.92. The molecule has 1 amide bonds. The van der Waals surface area contributed by atoms with Gasteiger partial charge in [0.15, 0.2) is 5.96 Å². The first-order valence-corrected chi connectivity index (χ1v) is 10.1. The van der Waals surface area contributed by atoms with Crippen molar-refractivity contribution >= 4 is 17.6 Å². The molecule has 0 radical (unpaired) electrons. The summed E-state index contributed by atoms with van der Waals surface area (Å²) in [5, 5.41) is 13.6. The lowest BCUT2D eigenvalue weighted by Gasteiger charge is -2.14. The van der Waals surface area contributed by atoms with Gasteiger partial charge in [0.25, 0.3) is 0 Å². The average molecular weight is 421 g/mol. The van der Waals surface area contributed by atoms with E-state index >= 15 is 0 Å². The van der Waals surface area contributed by atoms with E-state index in [4.69, 9.17) is 4.74 Å². The van der Waals surface area contributed by atoms with E-state index in [0.29, 0.717) is 12.5 Å². The molecule has 0 fully saturated rings. The van der Waals surface area contributed by atoms with Crippen LogP contribution in [0.4, 0.5) is 5.69 Å². The van der Waals surface area contributed by atoms with Gasteiger partial charge in [0.05, 0.1) is 7.11 Å². The summed E-state index contributed by atoms with van der Waals surface area (Å²) in [7, 11) is 3.42. The van der Waals surface area contributed by atoms with Crippen molar-refractivity contribution < 1.29 is 9.53 Å². The lowest BCUT2D eigenvalue weighted by Crippen LogP contribution is -2.37. The summed E-state index contributed by atoms with van der Waals surface area (Å²) >= 11 is 0. The molecule has 8 heteroatoms. The highest BCUT2D eigenvalue weighted by Gasteiger charge is 2.06. The molecule has 3 N–H and O–H groups in total. The van der Waals surface area contributed by atoms with Crippen molar-refractivity contribution in [2.75, 3.05) is 26.0 Å². The van der Waals surface area contributed by atoms with Gasteiger partial charge in [-0.05, 0) is 41.8 Å². The predicted molar refractivity (Wildman–Crippen MR) is 122 cm³/mol. The quantitative estimate of drug-likeness (QED) is 0.365. The summed E-state index contributed by atoms with van der Waals surface area (Å²) in [4.78, 5) is 16.4. The standard InChI is InChI=1S/C23H28N6O2/c1-24-23(25-13-11-19-8-3-4-10-21(19)31-2)26-16-18-7-5-9-20(15-18)28-22(30)17-29-14-6-12-27-29/h3-10,12,14-15H,11,13,16-17H2,1-2H3,(H,28,30)(H2,24,25,26). The summed E-state index contributed by atoms with van der Waals surface area (Å²) in [6.45, 7) is 1.49. The number of amides is 1. The lowest BCUT2D eigenvalue weighted by molar-refractivity contribution is -0.116. The Balaban J connectivity index is 1.46. The number of para-hydroxylation sites is 1. The number of hydrogen-bond donors (Lipinski definition) is 3. The second kappa shape index (κ2) is 11.4. The molecule has 0 saturated carbocycles. The average Bonchev–Trinajstić information content (AvgIpc) is 3.29. The van der Waals surface area contributed by atoms with Gasteiger partial charge < -0.3 is 20.7 Å². The molecule has 0 spiro atoms. The Morgan fingerprint density at radius 1 is 1.13 bits per heavy atom. The predicted octanol–water partition coefficient (Wildman–Crippen LogP) is 2.44. The number of nitrogens with one attached hydrogen (secondary N) is 3. The zero-order valence-electron chi connectivity index (χ0n) is 17.8. The summed E-state index contributed by atoms with van der Waals surface area (Å²) < 4.78 is 6.98. The van der Waals surface area contributed by atoms with E-state index in [0.717, 1.165) is 35.5 Å². The molecular formula is C23H28N6O2. The zero-order valence-corrected chi connectivity index (χ0v) is 17.8. The van der Waals surface area contributed by atoms with Crippen LogP contribution in [-0.4, -0.2) is 42.3 Å². The van der Waals surface area contributed by atoms with Crippen LogP contribution in [0.1, 0.15) is 11.1 Å². The number of benzene rings is 2. The molecule has 0 atom stereocenters. The monoisotopic (exact) mass is 420 g/mol. The number of carbonyl (C=O) groups excluding carboxylic acids is 1. The molecule has 0 aliphatic heterocycles. The largest absolute Gasteiger partial charge is 0.496 e. The Morgan fingerprint density at radius 2 is 2.00 bits per heavy atom. The minimum absolute atomic E-state index is 0.123. The third kappa shape index (κ3) is 6.88. The number of nitrogens with zero attached hydrogens (tertiary/aromatic N) is 3. The number of ether oxygens (including phenoxy) is 1. The van der Waals surface area contributed by atoms with Gasteiger partial charge in [-0.1, -0.05) is 30.3 Å². The highest BCUT2D eigenvalue weighted by Crippen LogP contribution is 2.17. The number of aromatic nitrogens is 2. The van der Waals surface area contributed by atoms with Crippen LogP contribution in [0.15, 0.2) is 72.0 Å². The Hall–Kier alpha value is -3.81. The molecule has 1 heterocycles. The molecule has 2 aromatic carbocycles. The van der Waals surface area contributed by atoms with Crippen molar-refractivity contribution in [3.05, 3.63) is 78.1 Å². The van der Waals surface area contributed by atoms with Crippen molar-refractivity contribution in [3.8, 4) is 5.75 Å². The fourth-order valence-electron chi connectivity index (χ4n) is 3.13. The smallest absolute Gasteiger partial charge is 0.246 e. The van der Waals surface area contributed by atoms with Crippen molar-refractivity contribution in [1.29, 1.82) is 0 Å². The second-order valence-corrected chi connectivity index (χ2v) is 6.87. The van der Waals surface area contributed by atoms with E-state index < -0.39 is 0 Å². The van der Waals surface area contributed by atoms with E-state index in [1.165, 1.54) is 0 Å². The molecule has 0 saturated heterocycles. The maximum Gasteiger partial charge on any atom is 0.246 e. The molecule has 1 aromatic heterocycles. The number of carbonyl (C=O) groups is 1. The van der Waals surface area contributed by atoms with Gasteiger partial charge in [0.2, 0.25) is 5.91 Å². The van der Waals surface area contributed by atoms with Crippen molar-refractivity contribution in [2.24, 2.45) is 4.99 Å². The third-order valence-electron chi connectivity index (χ3n) is 4.64. The fourth-order valence-corrected chi connectivity index (χ4v) is 3.13. The molecule has 3 rings (SSSR count). The van der Waals surface area contributed by atoms with E-state index in [2.05, 4.69) is 32.1 Å². The first-order valence-electron chi connectivity index (χ1n) is 10.1. The van der Waals surface area contributed by atoms with Gasteiger partial charge in [-0.15, -0.1) is 0 Å². The van der Waals surface area contributed by atoms with Gasteiger partial charge in [-0.2, -0.15) is 5.10 Å². The van der Waals surface area contributed by atoms with E-state index in [9.17, 15) is 4.79 Å². The summed E-state index contributed by atoms with van der Waals surface area (Å²) in [6, 6.07) is 17.5. The molecule has 31 heavy (non-hydrogen) atoms. The summed E-state index contributed by atoms with van der Waals surface area (Å²) in [6.07, 6.45) is 4.23. The van der Waals surface area contributed by atoms with Crippen LogP contribution in [0.5, 0.6) is 5.75 Å². The first kappa shape index (κ1) is 21.9. The van der Waals surface area contributed by atoms with Crippen LogP contribution in [0.25, 0.3) is 0 Å². The maximum atomic E-state index is 12.2. The third-order valence-corrected chi connectivity index (χ3v) is 4.64. The second-order valence-electron chi connectivity index (χ2n) is 6.87. The molecule has 162 valence electrons. The Kier molecular flexibility index (Phi) is 8.05. The number of methoxy groups -OCH3 is 1. The van der Waals surface area contributed by atoms with Gasteiger partial charge in [0.1, 0.15) is 12.3 Å². The van der Waals surface area contributed by atoms with Crippen molar-refractivity contribution in [1.82, 2.24) is 20.4 Å². The topological polar surface area (TPSA) is 92.6 Å². The zero-order chi connectivity index (χ0) is 21.9. The number of guanidine groups is 1. The molecular weight excluding hydrogens is 392 g/mol. The van der Waals surface area contributed by atoms with E-state index in [1.54, 1.807) is 37.3 Å². The molecule has 0 aliphatic carbocycles. The highest BCUT2D eigenvalue weighted by atomic mass is 16.5. The lowest BCUT2D eigenvalue weighted by atomic mass is 10.1. The first-order chi connectivity index (χ1) is 15.2. The van der Waals surface area contributed by atoms with E-state index in [1.807, 2.05) is 42.5 Å². The van der Waals surface area contributed by atoms with Gasteiger partial charge in [-0.25, -0.2) is 0 Å². The number of aliphatic imine (C=N–C) groups is 1. The fraction of sp³-hybridized carbons (Fsp3) is 0.261. The number of rotatable bonds is 9. The molecule has 0 unspecified atom stereocenters. The van der Waals surface area contributed by atoms with Crippen molar-refractivity contribution in [3.63, 3.8) is 0 Å². The Bertz CT molecular complexity index is 1000. The van der Waals surface area contributed by atoms with Gasteiger partial charge in [0, 0.05) is 38.2 Å². The Morgan fingerprint density at radius 3 is 2.77 bits per heavy atom. The normalized spacial score (nSPS) is 11.1. The molecule has 0 aliphatic rings. The van der Waals surface area contributed by atoms with E-state index in [-0.39, 0.29) is 12.5 Å². The summed E-state index contributed by atoms with van der Waals surface area (Å²) in [5.74, 6) is 1.48. The van der Waals surface area contributed by atoms with Crippen LogP contribution in [-0.2, 0) is 24.3 Å². The Labute approximate surface area is 182 Å². The minimum Gasteiger partial charge on any atom is -0.496 e. The van der Waals surface area contributed by atoms with Crippen LogP contribution in [0.3, 0.4) is 0 Å². The van der Waals surface area contributed by atoms with Crippen molar-refractivity contribution in [2.45, 2.75) is 19.5 Å². The van der Waals surface area contributed by atoms with Crippen LogP contribution in [0.2, 0.25) is 0 Å².